The maximum absolute atomic E-state index is 12.7. The highest BCUT2D eigenvalue weighted by Crippen LogP contribution is 2.27. The molecule has 172 valence electrons. The number of aromatic nitrogens is 2. The number of benzene rings is 4. The van der Waals surface area contributed by atoms with Gasteiger partial charge >= 0.3 is 0 Å². The van der Waals surface area contributed by atoms with Gasteiger partial charge in [-0.15, -0.1) is 0 Å². The minimum atomic E-state index is -3.67. The Bertz CT molecular complexity index is 1670. The Kier molecular flexibility index (Phi) is 5.81. The first-order chi connectivity index (χ1) is 16.9. The molecule has 0 atom stereocenters. The molecule has 0 spiro atoms. The van der Waals surface area contributed by atoms with Crippen LogP contribution in [0.15, 0.2) is 102 Å². The number of anilines is 1. The Balaban J connectivity index is 1.45. The van der Waals surface area contributed by atoms with Gasteiger partial charge in [-0.05, 0) is 72.1 Å². The Hall–Kier alpha value is -4.41. The molecule has 0 radical (unpaired) electrons. The summed E-state index contributed by atoms with van der Waals surface area (Å²) in [6.07, 6.45) is 0. The van der Waals surface area contributed by atoms with Crippen molar-refractivity contribution in [1.29, 1.82) is 5.26 Å². The summed E-state index contributed by atoms with van der Waals surface area (Å²) in [5.41, 5.74) is 6.01. The lowest BCUT2D eigenvalue weighted by atomic mass is 10.0. The van der Waals surface area contributed by atoms with Crippen LogP contribution in [0.3, 0.4) is 0 Å². The summed E-state index contributed by atoms with van der Waals surface area (Å²) >= 11 is 0. The molecule has 7 heteroatoms. The molecule has 1 heterocycles. The van der Waals surface area contributed by atoms with E-state index in [0.717, 1.165) is 33.5 Å². The van der Waals surface area contributed by atoms with E-state index in [2.05, 4.69) is 21.4 Å². The van der Waals surface area contributed by atoms with Crippen molar-refractivity contribution in [3.05, 3.63) is 114 Å². The monoisotopic (exact) mass is 478 g/mol. The van der Waals surface area contributed by atoms with E-state index in [0.29, 0.717) is 17.8 Å². The van der Waals surface area contributed by atoms with E-state index in [9.17, 15) is 8.42 Å². The van der Waals surface area contributed by atoms with Gasteiger partial charge in [-0.1, -0.05) is 48.5 Å². The van der Waals surface area contributed by atoms with Crippen molar-refractivity contribution in [2.24, 2.45) is 0 Å². The number of rotatable bonds is 6. The molecule has 35 heavy (non-hydrogen) atoms. The van der Waals surface area contributed by atoms with Crippen LogP contribution in [0.25, 0.3) is 22.2 Å². The Morgan fingerprint density at radius 3 is 2.37 bits per heavy atom. The van der Waals surface area contributed by atoms with Gasteiger partial charge in [0.05, 0.1) is 27.6 Å². The van der Waals surface area contributed by atoms with Crippen LogP contribution in [0, 0.1) is 18.3 Å². The quantitative estimate of drug-likeness (QED) is 0.337. The molecular formula is C28H22N4O2S. The van der Waals surface area contributed by atoms with E-state index in [1.807, 2.05) is 61.5 Å². The zero-order valence-corrected chi connectivity index (χ0v) is 19.8. The zero-order chi connectivity index (χ0) is 24.4. The summed E-state index contributed by atoms with van der Waals surface area (Å²) in [5, 5.41) is 9.06. The van der Waals surface area contributed by atoms with Crippen LogP contribution in [0.1, 0.15) is 17.0 Å². The van der Waals surface area contributed by atoms with Crippen molar-refractivity contribution in [3.63, 3.8) is 0 Å². The van der Waals surface area contributed by atoms with Crippen LogP contribution >= 0.6 is 0 Å². The summed E-state index contributed by atoms with van der Waals surface area (Å²) in [6.45, 7) is 2.50. The van der Waals surface area contributed by atoms with Crippen LogP contribution in [0.4, 0.5) is 5.69 Å². The molecule has 0 amide bonds. The maximum atomic E-state index is 12.7. The third kappa shape index (κ3) is 4.65. The molecule has 5 rings (SSSR count). The van der Waals surface area contributed by atoms with Crippen molar-refractivity contribution >= 4 is 26.7 Å². The molecule has 0 saturated heterocycles. The summed E-state index contributed by atoms with van der Waals surface area (Å²) in [4.78, 5) is 4.92. The predicted molar refractivity (Wildman–Crippen MR) is 137 cm³/mol. The number of imidazole rings is 1. The van der Waals surface area contributed by atoms with Gasteiger partial charge in [0.25, 0.3) is 10.0 Å². The van der Waals surface area contributed by atoms with Crippen molar-refractivity contribution in [3.8, 4) is 17.2 Å². The summed E-state index contributed by atoms with van der Waals surface area (Å²) < 4.78 is 30.2. The van der Waals surface area contributed by atoms with Gasteiger partial charge < -0.3 is 4.57 Å². The molecule has 0 bridgehead atoms. The van der Waals surface area contributed by atoms with E-state index in [-0.39, 0.29) is 4.90 Å². The molecule has 0 aliphatic heterocycles. The molecule has 1 N–H and O–H groups in total. The van der Waals surface area contributed by atoms with Crippen LogP contribution in [-0.2, 0) is 16.6 Å². The standard InChI is InChI=1S/C28H22N4O2S/c1-20-30-27-15-14-24(23-12-10-21(18-29)11-13-23)17-28(27)32(20)19-22-6-5-7-25(16-22)31-35(33,34)26-8-3-2-4-9-26/h2-17,31H,19H2,1H3. The smallest absolute Gasteiger partial charge is 0.261 e. The van der Waals surface area contributed by atoms with E-state index in [4.69, 9.17) is 10.2 Å². The normalized spacial score (nSPS) is 11.3. The molecule has 4 aromatic carbocycles. The number of aryl methyl sites for hydroxylation is 1. The fourth-order valence-electron chi connectivity index (χ4n) is 4.09. The van der Waals surface area contributed by atoms with E-state index in [1.54, 1.807) is 36.4 Å². The van der Waals surface area contributed by atoms with Gasteiger partial charge in [0.2, 0.25) is 0 Å². The first-order valence-electron chi connectivity index (χ1n) is 11.1. The highest BCUT2D eigenvalue weighted by atomic mass is 32.2. The lowest BCUT2D eigenvalue weighted by molar-refractivity contribution is 0.601. The number of fused-ring (bicyclic) bond motifs is 1. The minimum Gasteiger partial charge on any atom is -0.324 e. The number of hydrogen-bond acceptors (Lipinski definition) is 4. The topological polar surface area (TPSA) is 87.8 Å². The fraction of sp³-hybridized carbons (Fsp3) is 0.0714. The average Bonchev–Trinajstić information content (AvgIpc) is 3.18. The van der Waals surface area contributed by atoms with Crippen LogP contribution < -0.4 is 4.72 Å². The SMILES string of the molecule is Cc1nc2ccc(-c3ccc(C#N)cc3)cc2n1Cc1cccc(NS(=O)(=O)c2ccccc2)c1. The van der Waals surface area contributed by atoms with Crippen LogP contribution in [0.2, 0.25) is 0 Å². The second-order valence-corrected chi connectivity index (χ2v) is 9.94. The highest BCUT2D eigenvalue weighted by Gasteiger charge is 2.14. The highest BCUT2D eigenvalue weighted by molar-refractivity contribution is 7.92. The molecule has 0 fully saturated rings. The van der Waals surface area contributed by atoms with Crippen LogP contribution in [0.5, 0.6) is 0 Å². The zero-order valence-electron chi connectivity index (χ0n) is 19.0. The van der Waals surface area contributed by atoms with Crippen molar-refractivity contribution in [1.82, 2.24) is 9.55 Å². The number of hydrogen-bond donors (Lipinski definition) is 1. The van der Waals surface area contributed by atoms with Gasteiger partial charge in [0, 0.05) is 12.2 Å². The van der Waals surface area contributed by atoms with Gasteiger partial charge in [0.15, 0.2) is 0 Å². The van der Waals surface area contributed by atoms with Gasteiger partial charge in [-0.2, -0.15) is 5.26 Å². The Morgan fingerprint density at radius 1 is 0.886 bits per heavy atom. The van der Waals surface area contributed by atoms with Gasteiger partial charge in [-0.25, -0.2) is 13.4 Å². The van der Waals surface area contributed by atoms with Crippen molar-refractivity contribution in [2.75, 3.05) is 4.72 Å². The van der Waals surface area contributed by atoms with Gasteiger partial charge in [-0.3, -0.25) is 4.72 Å². The van der Waals surface area contributed by atoms with Gasteiger partial charge in [0.1, 0.15) is 5.82 Å². The first-order valence-corrected chi connectivity index (χ1v) is 12.6. The van der Waals surface area contributed by atoms with E-state index >= 15 is 0 Å². The predicted octanol–water partition coefficient (Wildman–Crippen LogP) is 5.73. The lowest BCUT2D eigenvalue weighted by Gasteiger charge is -2.12. The molecule has 0 aliphatic carbocycles. The summed E-state index contributed by atoms with van der Waals surface area (Å²) in [5.74, 6) is 0.868. The maximum Gasteiger partial charge on any atom is 0.261 e. The Morgan fingerprint density at radius 2 is 1.63 bits per heavy atom. The third-order valence-corrected chi connectivity index (χ3v) is 7.26. The lowest BCUT2D eigenvalue weighted by Crippen LogP contribution is -2.13. The number of nitrogens with one attached hydrogen (secondary N) is 1. The molecule has 6 nitrogen and oxygen atoms in total. The molecule has 5 aromatic rings. The second kappa shape index (κ2) is 9.09. The molecule has 0 aliphatic rings. The molecule has 0 saturated carbocycles. The van der Waals surface area contributed by atoms with Crippen LogP contribution in [-0.4, -0.2) is 18.0 Å². The fourth-order valence-corrected chi connectivity index (χ4v) is 5.16. The van der Waals surface area contributed by atoms with Crippen molar-refractivity contribution < 1.29 is 8.42 Å². The van der Waals surface area contributed by atoms with E-state index < -0.39 is 10.0 Å². The third-order valence-electron chi connectivity index (χ3n) is 5.86. The minimum absolute atomic E-state index is 0.220. The summed E-state index contributed by atoms with van der Waals surface area (Å²) in [7, 11) is -3.67. The van der Waals surface area contributed by atoms with E-state index in [1.165, 1.54) is 0 Å². The average molecular weight is 479 g/mol. The first kappa shape index (κ1) is 22.4. The molecule has 0 unspecified atom stereocenters. The largest absolute Gasteiger partial charge is 0.324 e. The number of nitriles is 1. The second-order valence-electron chi connectivity index (χ2n) is 8.26. The summed E-state index contributed by atoms with van der Waals surface area (Å²) in [6, 6.07) is 31.5. The van der Waals surface area contributed by atoms with Crippen molar-refractivity contribution in [2.45, 2.75) is 18.4 Å². The Labute approximate surface area is 204 Å². The molecular weight excluding hydrogens is 456 g/mol. The number of sulfonamides is 1. The number of nitrogens with zero attached hydrogens (tertiary/aromatic N) is 3. The molecule has 1 aromatic heterocycles.